The minimum atomic E-state index is -0.825. The van der Waals surface area contributed by atoms with E-state index in [1.165, 1.54) is 22.3 Å². The molecule has 2 aromatic rings. The van der Waals surface area contributed by atoms with E-state index in [1.54, 1.807) is 4.90 Å². The van der Waals surface area contributed by atoms with Crippen molar-refractivity contribution in [3.63, 3.8) is 0 Å². The lowest BCUT2D eigenvalue weighted by atomic mass is 9.95. The van der Waals surface area contributed by atoms with Crippen LogP contribution in [0.4, 0.5) is 4.79 Å². The maximum Gasteiger partial charge on any atom is 0.407 e. The second-order valence-corrected chi connectivity index (χ2v) is 9.75. The second-order valence-electron chi connectivity index (χ2n) is 9.75. The molecule has 2 aromatic carbocycles. The first-order valence-corrected chi connectivity index (χ1v) is 12.5. The number of carboxylic acids is 1. The lowest BCUT2D eigenvalue weighted by Crippen LogP contribution is -2.37. The fourth-order valence-electron chi connectivity index (χ4n) is 5.37. The third-order valence-electron chi connectivity index (χ3n) is 7.42. The van der Waals surface area contributed by atoms with Crippen molar-refractivity contribution < 1.29 is 24.2 Å². The average Bonchev–Trinajstić information content (AvgIpc) is 3.37. The maximum absolute atomic E-state index is 12.7. The number of carboxylic acid groups (broad SMARTS) is 1. The van der Waals surface area contributed by atoms with Crippen LogP contribution in [0.3, 0.4) is 0 Å². The van der Waals surface area contributed by atoms with E-state index < -0.39 is 12.1 Å². The Morgan fingerprint density at radius 3 is 2.29 bits per heavy atom. The van der Waals surface area contributed by atoms with Gasteiger partial charge >= 0.3 is 12.1 Å². The number of rotatable bonds is 9. The van der Waals surface area contributed by atoms with E-state index in [-0.39, 0.29) is 42.7 Å². The van der Waals surface area contributed by atoms with Gasteiger partial charge in [-0.05, 0) is 46.9 Å². The molecule has 7 heteroatoms. The van der Waals surface area contributed by atoms with Gasteiger partial charge in [0.25, 0.3) is 0 Å². The fraction of sp³-hybridized carbons (Fsp3) is 0.464. The molecule has 2 N–H and O–H groups in total. The molecule has 2 amide bonds. The summed E-state index contributed by atoms with van der Waals surface area (Å²) < 4.78 is 5.64. The van der Waals surface area contributed by atoms with Crippen molar-refractivity contribution in [3.8, 4) is 11.1 Å². The smallest absolute Gasteiger partial charge is 0.407 e. The predicted octanol–water partition coefficient (Wildman–Crippen LogP) is 4.65. The predicted molar refractivity (Wildman–Crippen MR) is 133 cm³/mol. The normalized spacial score (nSPS) is 19.7. The summed E-state index contributed by atoms with van der Waals surface area (Å²) in [7, 11) is 0. The van der Waals surface area contributed by atoms with Crippen LogP contribution in [0.1, 0.15) is 56.6 Å². The molecule has 1 aliphatic carbocycles. The third kappa shape index (κ3) is 5.66. The number of likely N-dealkylation sites (tertiary alicyclic amines) is 1. The zero-order valence-corrected chi connectivity index (χ0v) is 20.4. The highest BCUT2D eigenvalue weighted by molar-refractivity contribution is 5.79. The largest absolute Gasteiger partial charge is 0.481 e. The Morgan fingerprint density at radius 2 is 1.69 bits per heavy atom. The van der Waals surface area contributed by atoms with Gasteiger partial charge in [-0.25, -0.2) is 4.79 Å². The summed E-state index contributed by atoms with van der Waals surface area (Å²) in [5.41, 5.74) is 4.70. The minimum absolute atomic E-state index is 0.00243. The molecule has 7 nitrogen and oxygen atoms in total. The van der Waals surface area contributed by atoms with Crippen LogP contribution in [0.2, 0.25) is 0 Å². The second kappa shape index (κ2) is 10.9. The van der Waals surface area contributed by atoms with Gasteiger partial charge in [-0.15, -0.1) is 0 Å². The number of nitrogens with one attached hydrogen (secondary N) is 1. The number of carbonyl (C=O) groups excluding carboxylic acids is 2. The van der Waals surface area contributed by atoms with E-state index in [0.717, 1.165) is 0 Å². The van der Waals surface area contributed by atoms with E-state index in [9.17, 15) is 14.4 Å². The molecule has 2 aliphatic rings. The van der Waals surface area contributed by atoms with Crippen molar-refractivity contribution in [2.24, 2.45) is 11.8 Å². The molecule has 1 unspecified atom stereocenters. The molecule has 1 fully saturated rings. The number of nitrogens with zero attached hydrogens (tertiary/aromatic N) is 1. The zero-order chi connectivity index (χ0) is 24.9. The van der Waals surface area contributed by atoms with E-state index in [2.05, 4.69) is 29.6 Å². The molecule has 0 aromatic heterocycles. The molecule has 0 saturated carbocycles. The van der Waals surface area contributed by atoms with Crippen LogP contribution < -0.4 is 5.32 Å². The van der Waals surface area contributed by atoms with Gasteiger partial charge in [0.15, 0.2) is 0 Å². The summed E-state index contributed by atoms with van der Waals surface area (Å²) >= 11 is 0. The zero-order valence-electron chi connectivity index (χ0n) is 20.4. The van der Waals surface area contributed by atoms with Crippen LogP contribution in [-0.4, -0.2) is 53.7 Å². The molecule has 0 radical (unpaired) electrons. The molecule has 0 bridgehead atoms. The molecular weight excluding hydrogens is 444 g/mol. The first-order chi connectivity index (χ1) is 16.9. The topological polar surface area (TPSA) is 95.9 Å². The Morgan fingerprint density at radius 1 is 1.06 bits per heavy atom. The number of amides is 2. The number of fused-ring (bicyclic) bond motifs is 3. The van der Waals surface area contributed by atoms with E-state index in [1.807, 2.05) is 38.1 Å². The summed E-state index contributed by atoms with van der Waals surface area (Å²) in [6.07, 6.45) is 1.15. The van der Waals surface area contributed by atoms with Crippen molar-refractivity contribution in [3.05, 3.63) is 59.7 Å². The molecule has 186 valence electrons. The van der Waals surface area contributed by atoms with Crippen LogP contribution in [0.25, 0.3) is 11.1 Å². The number of hydrogen-bond acceptors (Lipinski definition) is 4. The van der Waals surface area contributed by atoms with Gasteiger partial charge in [0.2, 0.25) is 5.91 Å². The number of aliphatic carboxylic acids is 1. The van der Waals surface area contributed by atoms with Gasteiger partial charge in [-0.1, -0.05) is 62.4 Å². The SMILES string of the molecule is CCC(CCC(=O)N1C[C@@H](CC(=O)O)[C@H](C)C1)NC(=O)OCC1c2ccccc2-c2ccccc21. The number of hydrogen-bond donors (Lipinski definition) is 2. The summed E-state index contributed by atoms with van der Waals surface area (Å²) in [6, 6.07) is 16.3. The van der Waals surface area contributed by atoms with Crippen molar-refractivity contribution >= 4 is 18.0 Å². The summed E-state index contributed by atoms with van der Waals surface area (Å²) in [5, 5.41) is 12.0. The van der Waals surface area contributed by atoms with Crippen molar-refractivity contribution in [1.82, 2.24) is 10.2 Å². The molecule has 0 spiro atoms. The van der Waals surface area contributed by atoms with Crippen LogP contribution in [0.15, 0.2) is 48.5 Å². The fourth-order valence-corrected chi connectivity index (χ4v) is 5.37. The van der Waals surface area contributed by atoms with Crippen molar-refractivity contribution in [1.29, 1.82) is 0 Å². The molecule has 1 saturated heterocycles. The number of carbonyl (C=O) groups is 3. The van der Waals surface area contributed by atoms with Gasteiger partial charge in [0, 0.05) is 31.5 Å². The molecule has 1 heterocycles. The molecule has 1 aliphatic heterocycles. The Balaban J connectivity index is 1.27. The van der Waals surface area contributed by atoms with E-state index in [0.29, 0.717) is 32.4 Å². The Kier molecular flexibility index (Phi) is 7.73. The minimum Gasteiger partial charge on any atom is -0.481 e. The monoisotopic (exact) mass is 478 g/mol. The van der Waals surface area contributed by atoms with Crippen LogP contribution >= 0.6 is 0 Å². The third-order valence-corrected chi connectivity index (χ3v) is 7.42. The van der Waals surface area contributed by atoms with Crippen LogP contribution in [0.5, 0.6) is 0 Å². The highest BCUT2D eigenvalue weighted by Gasteiger charge is 2.34. The first-order valence-electron chi connectivity index (χ1n) is 12.5. The lowest BCUT2D eigenvalue weighted by Gasteiger charge is -2.21. The van der Waals surface area contributed by atoms with Crippen molar-refractivity contribution in [2.75, 3.05) is 19.7 Å². The Bertz CT molecular complexity index is 1040. The van der Waals surface area contributed by atoms with Gasteiger partial charge in [0.1, 0.15) is 6.61 Å². The first kappa shape index (κ1) is 24.8. The summed E-state index contributed by atoms with van der Waals surface area (Å²) in [4.78, 5) is 38.1. The van der Waals surface area contributed by atoms with Crippen LogP contribution in [-0.2, 0) is 14.3 Å². The average molecular weight is 479 g/mol. The Labute approximate surface area is 206 Å². The Hall–Kier alpha value is -3.35. The molecule has 3 atom stereocenters. The van der Waals surface area contributed by atoms with Gasteiger partial charge in [0.05, 0.1) is 6.42 Å². The molecule has 35 heavy (non-hydrogen) atoms. The van der Waals surface area contributed by atoms with Gasteiger partial charge < -0.3 is 20.1 Å². The molecular formula is C28H34N2O5. The summed E-state index contributed by atoms with van der Waals surface area (Å²) in [5.74, 6) is -0.633. The van der Waals surface area contributed by atoms with Gasteiger partial charge in [-0.2, -0.15) is 0 Å². The van der Waals surface area contributed by atoms with Crippen molar-refractivity contribution in [2.45, 2.75) is 51.5 Å². The standard InChI is InChI=1S/C28H34N2O5/c1-3-20(12-13-26(31)30-15-18(2)19(16-30)14-27(32)33)29-28(34)35-17-25-23-10-6-4-8-21(23)22-9-5-7-11-24(22)25/h4-11,18-20,25H,3,12-17H2,1-2H3,(H,29,34)(H,32,33)/t18-,19-,20?/m1/s1. The van der Waals surface area contributed by atoms with E-state index in [4.69, 9.17) is 9.84 Å². The number of benzene rings is 2. The molecule has 4 rings (SSSR count). The highest BCUT2D eigenvalue weighted by atomic mass is 16.5. The quantitative estimate of drug-likeness (QED) is 0.547. The summed E-state index contributed by atoms with van der Waals surface area (Å²) in [6.45, 7) is 5.30. The maximum atomic E-state index is 12.7. The lowest BCUT2D eigenvalue weighted by molar-refractivity contribution is -0.138. The number of alkyl carbamates (subject to hydrolysis) is 1. The van der Waals surface area contributed by atoms with Crippen LogP contribution in [0, 0.1) is 11.8 Å². The number of ether oxygens (including phenoxy) is 1. The van der Waals surface area contributed by atoms with E-state index >= 15 is 0 Å². The highest BCUT2D eigenvalue weighted by Crippen LogP contribution is 2.44. The van der Waals surface area contributed by atoms with Gasteiger partial charge in [-0.3, -0.25) is 9.59 Å².